The van der Waals surface area contributed by atoms with E-state index in [2.05, 4.69) is 10.6 Å². The third kappa shape index (κ3) is 3.49. The number of urea groups is 1. The van der Waals surface area contributed by atoms with E-state index in [-0.39, 0.29) is 5.56 Å². The number of hydrogen-bond donors (Lipinski definition) is 4. The standard InChI is InChI=1S/C14H13N3O3/c15-10-3-7-12(8-4-10)17-14(20)16-11-5-1-9(2-6-11)13(18)19/h1-8H,15H2,(H,18,19)(H2,16,17,20). The molecule has 0 aliphatic heterocycles. The van der Waals surface area contributed by atoms with E-state index in [4.69, 9.17) is 10.8 Å². The minimum Gasteiger partial charge on any atom is -0.478 e. The number of aromatic carboxylic acids is 1. The number of nitrogen functional groups attached to an aromatic ring is 1. The lowest BCUT2D eigenvalue weighted by molar-refractivity contribution is 0.0697. The second-order valence-corrected chi connectivity index (χ2v) is 4.08. The van der Waals surface area contributed by atoms with Gasteiger partial charge in [0, 0.05) is 17.1 Å². The molecule has 102 valence electrons. The van der Waals surface area contributed by atoms with Gasteiger partial charge < -0.3 is 21.5 Å². The summed E-state index contributed by atoms with van der Waals surface area (Å²) in [6.07, 6.45) is 0. The van der Waals surface area contributed by atoms with Crippen LogP contribution in [0.2, 0.25) is 0 Å². The molecule has 2 aromatic rings. The molecular formula is C14H13N3O3. The number of carboxylic acid groups (broad SMARTS) is 1. The van der Waals surface area contributed by atoms with Crippen LogP contribution < -0.4 is 16.4 Å². The van der Waals surface area contributed by atoms with Crippen LogP contribution in [0.15, 0.2) is 48.5 Å². The molecule has 2 amide bonds. The van der Waals surface area contributed by atoms with Crippen molar-refractivity contribution >= 4 is 29.1 Å². The molecule has 0 aromatic heterocycles. The van der Waals surface area contributed by atoms with Gasteiger partial charge in [-0.05, 0) is 48.5 Å². The summed E-state index contributed by atoms with van der Waals surface area (Å²) in [5.74, 6) is -1.01. The van der Waals surface area contributed by atoms with Crippen molar-refractivity contribution in [2.24, 2.45) is 0 Å². The molecule has 2 aromatic carbocycles. The molecule has 6 heteroatoms. The summed E-state index contributed by atoms with van der Waals surface area (Å²) in [6, 6.07) is 12.2. The number of nitrogens with two attached hydrogens (primary N) is 1. The summed E-state index contributed by atoms with van der Waals surface area (Å²) < 4.78 is 0. The molecule has 0 aliphatic rings. The summed E-state index contributed by atoms with van der Waals surface area (Å²) in [7, 11) is 0. The fraction of sp³-hybridized carbons (Fsp3) is 0. The van der Waals surface area contributed by atoms with Crippen LogP contribution in [0.4, 0.5) is 21.9 Å². The molecular weight excluding hydrogens is 258 g/mol. The highest BCUT2D eigenvalue weighted by molar-refractivity contribution is 6.00. The number of carbonyl (C=O) groups excluding carboxylic acids is 1. The Labute approximate surface area is 115 Å². The minimum atomic E-state index is -1.01. The molecule has 0 spiro atoms. The molecule has 0 heterocycles. The first-order chi connectivity index (χ1) is 9.54. The van der Waals surface area contributed by atoms with Crippen LogP contribution in [-0.4, -0.2) is 17.1 Å². The van der Waals surface area contributed by atoms with Crippen LogP contribution in [0.5, 0.6) is 0 Å². The van der Waals surface area contributed by atoms with Crippen molar-refractivity contribution in [3.05, 3.63) is 54.1 Å². The molecule has 0 saturated carbocycles. The Hall–Kier alpha value is -3.02. The van der Waals surface area contributed by atoms with E-state index in [1.54, 1.807) is 24.3 Å². The first kappa shape index (κ1) is 13.4. The number of amides is 2. The maximum absolute atomic E-state index is 11.7. The van der Waals surface area contributed by atoms with Crippen LogP contribution in [-0.2, 0) is 0 Å². The summed E-state index contributed by atoms with van der Waals surface area (Å²) in [5, 5.41) is 14.0. The van der Waals surface area contributed by atoms with E-state index < -0.39 is 12.0 Å². The van der Waals surface area contributed by atoms with E-state index in [0.717, 1.165) is 0 Å². The highest BCUT2D eigenvalue weighted by atomic mass is 16.4. The van der Waals surface area contributed by atoms with E-state index in [1.165, 1.54) is 24.3 Å². The predicted octanol–water partition coefficient (Wildman–Crippen LogP) is 2.61. The number of carboxylic acids is 1. The van der Waals surface area contributed by atoms with Gasteiger partial charge in [0.25, 0.3) is 0 Å². The fourth-order valence-electron chi connectivity index (χ4n) is 1.56. The smallest absolute Gasteiger partial charge is 0.335 e. The number of anilines is 3. The van der Waals surface area contributed by atoms with Gasteiger partial charge in [0.2, 0.25) is 0 Å². The first-order valence-electron chi connectivity index (χ1n) is 5.81. The quantitative estimate of drug-likeness (QED) is 0.644. The molecule has 0 aliphatic carbocycles. The molecule has 20 heavy (non-hydrogen) atoms. The zero-order valence-corrected chi connectivity index (χ0v) is 10.5. The number of hydrogen-bond acceptors (Lipinski definition) is 3. The second kappa shape index (κ2) is 5.75. The van der Waals surface area contributed by atoms with Crippen molar-refractivity contribution in [2.45, 2.75) is 0 Å². The highest BCUT2D eigenvalue weighted by Gasteiger charge is 2.05. The Bertz CT molecular complexity index is 621. The van der Waals surface area contributed by atoms with E-state index in [9.17, 15) is 9.59 Å². The molecule has 0 fully saturated rings. The Morgan fingerprint density at radius 2 is 1.30 bits per heavy atom. The Morgan fingerprint density at radius 1 is 0.850 bits per heavy atom. The molecule has 0 saturated heterocycles. The van der Waals surface area contributed by atoms with Gasteiger partial charge in [-0.2, -0.15) is 0 Å². The molecule has 0 atom stereocenters. The van der Waals surface area contributed by atoms with Crippen LogP contribution in [0, 0.1) is 0 Å². The van der Waals surface area contributed by atoms with Crippen LogP contribution >= 0.6 is 0 Å². The maximum Gasteiger partial charge on any atom is 0.335 e. The molecule has 6 nitrogen and oxygen atoms in total. The molecule has 0 unspecified atom stereocenters. The summed E-state index contributed by atoms with van der Waals surface area (Å²) in [4.78, 5) is 22.4. The molecule has 0 bridgehead atoms. The fourth-order valence-corrected chi connectivity index (χ4v) is 1.56. The van der Waals surface area contributed by atoms with E-state index in [0.29, 0.717) is 17.1 Å². The molecule has 5 N–H and O–H groups in total. The van der Waals surface area contributed by atoms with Gasteiger partial charge in [-0.25, -0.2) is 9.59 Å². The van der Waals surface area contributed by atoms with Crippen LogP contribution in [0.25, 0.3) is 0 Å². The van der Waals surface area contributed by atoms with E-state index >= 15 is 0 Å². The van der Waals surface area contributed by atoms with Crippen molar-refractivity contribution in [2.75, 3.05) is 16.4 Å². The van der Waals surface area contributed by atoms with Gasteiger partial charge >= 0.3 is 12.0 Å². The summed E-state index contributed by atoms with van der Waals surface area (Å²) >= 11 is 0. The average molecular weight is 271 g/mol. The van der Waals surface area contributed by atoms with Crippen LogP contribution in [0.1, 0.15) is 10.4 Å². The number of nitrogens with one attached hydrogen (secondary N) is 2. The number of benzene rings is 2. The number of rotatable bonds is 3. The van der Waals surface area contributed by atoms with E-state index in [1.807, 2.05) is 0 Å². The Morgan fingerprint density at radius 3 is 1.75 bits per heavy atom. The lowest BCUT2D eigenvalue weighted by Crippen LogP contribution is -2.19. The number of carbonyl (C=O) groups is 2. The zero-order valence-electron chi connectivity index (χ0n) is 10.5. The third-order valence-corrected chi connectivity index (χ3v) is 2.56. The highest BCUT2D eigenvalue weighted by Crippen LogP contribution is 2.13. The topological polar surface area (TPSA) is 104 Å². The normalized spacial score (nSPS) is 9.80. The summed E-state index contributed by atoms with van der Waals surface area (Å²) in [5.41, 5.74) is 7.43. The van der Waals surface area contributed by atoms with Gasteiger partial charge in [-0.15, -0.1) is 0 Å². The van der Waals surface area contributed by atoms with Crippen molar-refractivity contribution in [3.63, 3.8) is 0 Å². The largest absolute Gasteiger partial charge is 0.478 e. The van der Waals surface area contributed by atoms with Crippen LogP contribution in [0.3, 0.4) is 0 Å². The predicted molar refractivity (Wildman–Crippen MR) is 76.9 cm³/mol. The van der Waals surface area contributed by atoms with Crippen molar-refractivity contribution in [3.8, 4) is 0 Å². The van der Waals surface area contributed by atoms with Crippen molar-refractivity contribution in [1.82, 2.24) is 0 Å². The van der Waals surface area contributed by atoms with Gasteiger partial charge in [0.15, 0.2) is 0 Å². The summed E-state index contributed by atoms with van der Waals surface area (Å²) in [6.45, 7) is 0. The first-order valence-corrected chi connectivity index (χ1v) is 5.81. The van der Waals surface area contributed by atoms with Gasteiger partial charge in [0.05, 0.1) is 5.56 Å². The molecule has 0 radical (unpaired) electrons. The van der Waals surface area contributed by atoms with Gasteiger partial charge in [-0.1, -0.05) is 0 Å². The minimum absolute atomic E-state index is 0.162. The average Bonchev–Trinajstić information content (AvgIpc) is 2.42. The SMILES string of the molecule is Nc1ccc(NC(=O)Nc2ccc(C(=O)O)cc2)cc1. The van der Waals surface area contributed by atoms with Crippen molar-refractivity contribution in [1.29, 1.82) is 0 Å². The van der Waals surface area contributed by atoms with Crippen molar-refractivity contribution < 1.29 is 14.7 Å². The van der Waals surface area contributed by atoms with Gasteiger partial charge in [-0.3, -0.25) is 0 Å². The monoisotopic (exact) mass is 271 g/mol. The second-order valence-electron chi connectivity index (χ2n) is 4.08. The lowest BCUT2D eigenvalue weighted by atomic mass is 10.2. The molecule has 2 rings (SSSR count). The Balaban J connectivity index is 1.97. The third-order valence-electron chi connectivity index (χ3n) is 2.56. The lowest BCUT2D eigenvalue weighted by Gasteiger charge is -2.08. The van der Waals surface area contributed by atoms with Gasteiger partial charge in [0.1, 0.15) is 0 Å². The Kier molecular flexibility index (Phi) is 3.85. The zero-order chi connectivity index (χ0) is 14.5. The maximum atomic E-state index is 11.7.